The maximum absolute atomic E-state index is 13.5. The molecule has 1 aromatic heterocycles. The molecule has 0 saturated carbocycles. The molecule has 37 heavy (non-hydrogen) atoms. The second-order valence-corrected chi connectivity index (χ2v) is 9.04. The first kappa shape index (κ1) is 24.0. The molecule has 8 heteroatoms. The summed E-state index contributed by atoms with van der Waals surface area (Å²) in [5, 5.41) is 17.2. The number of carbonyl (C=O) groups excluding carboxylic acids is 2. The third-order valence-electron chi connectivity index (χ3n) is 6.56. The summed E-state index contributed by atoms with van der Waals surface area (Å²) in [6.45, 7) is 0.356. The number of benzene rings is 3. The zero-order valence-corrected chi connectivity index (χ0v) is 20.0. The molecule has 8 nitrogen and oxygen atoms in total. The number of para-hydroxylation sites is 1. The molecule has 1 fully saturated rings. The lowest BCUT2D eigenvalue weighted by Gasteiger charge is -2.15. The van der Waals surface area contributed by atoms with Crippen LogP contribution in [0.15, 0.2) is 97.1 Å². The van der Waals surface area contributed by atoms with E-state index in [0.29, 0.717) is 11.5 Å². The molecule has 2 atom stereocenters. The van der Waals surface area contributed by atoms with Crippen molar-refractivity contribution in [3.05, 3.63) is 114 Å². The average molecular weight is 495 g/mol. The minimum Gasteiger partial charge on any atom is -0.481 e. The van der Waals surface area contributed by atoms with E-state index in [4.69, 9.17) is 0 Å². The minimum atomic E-state index is -0.937. The maximum Gasteiger partial charge on any atom is 0.308 e. The Morgan fingerprint density at radius 2 is 1.49 bits per heavy atom. The number of nitrogens with one attached hydrogen (secondary N) is 1. The van der Waals surface area contributed by atoms with Crippen molar-refractivity contribution < 1.29 is 19.5 Å². The van der Waals surface area contributed by atoms with Gasteiger partial charge in [-0.25, -0.2) is 4.68 Å². The van der Waals surface area contributed by atoms with Gasteiger partial charge in [0.25, 0.3) is 5.91 Å². The van der Waals surface area contributed by atoms with Gasteiger partial charge in [-0.3, -0.25) is 14.4 Å². The van der Waals surface area contributed by atoms with E-state index in [2.05, 4.69) is 10.4 Å². The van der Waals surface area contributed by atoms with Crippen LogP contribution in [0, 0.1) is 5.92 Å². The fourth-order valence-electron chi connectivity index (χ4n) is 4.73. The Labute approximate surface area is 214 Å². The highest BCUT2D eigenvalue weighted by Gasteiger charge is 2.41. The summed E-state index contributed by atoms with van der Waals surface area (Å²) in [6, 6.07) is 29.5. The summed E-state index contributed by atoms with van der Waals surface area (Å²) in [5.74, 6) is -2.22. The van der Waals surface area contributed by atoms with Gasteiger partial charge in [0.05, 0.1) is 18.0 Å². The van der Waals surface area contributed by atoms with Crippen LogP contribution in [0.2, 0.25) is 0 Å². The number of carboxylic acid groups (broad SMARTS) is 1. The number of hydrogen-bond acceptors (Lipinski definition) is 4. The summed E-state index contributed by atoms with van der Waals surface area (Å²) in [5.41, 5.74) is 2.57. The smallest absolute Gasteiger partial charge is 0.308 e. The van der Waals surface area contributed by atoms with E-state index in [-0.39, 0.29) is 42.9 Å². The molecule has 0 unspecified atom stereocenters. The highest BCUT2D eigenvalue weighted by Crippen LogP contribution is 2.34. The Morgan fingerprint density at radius 1 is 0.865 bits per heavy atom. The van der Waals surface area contributed by atoms with Crippen molar-refractivity contribution in [3.8, 4) is 5.69 Å². The van der Waals surface area contributed by atoms with Gasteiger partial charge < -0.3 is 15.3 Å². The number of aliphatic carboxylic acids is 1. The summed E-state index contributed by atoms with van der Waals surface area (Å²) < 4.78 is 1.52. The van der Waals surface area contributed by atoms with Crippen molar-refractivity contribution in [2.45, 2.75) is 12.3 Å². The van der Waals surface area contributed by atoms with E-state index >= 15 is 0 Å². The van der Waals surface area contributed by atoms with Gasteiger partial charge in [0.2, 0.25) is 5.91 Å². The van der Waals surface area contributed by atoms with Crippen LogP contribution in [0.1, 0.15) is 27.5 Å². The summed E-state index contributed by atoms with van der Waals surface area (Å²) in [4.78, 5) is 39.8. The van der Waals surface area contributed by atoms with Crippen molar-refractivity contribution >= 4 is 23.6 Å². The number of rotatable bonds is 7. The van der Waals surface area contributed by atoms with E-state index in [9.17, 15) is 19.5 Å². The summed E-state index contributed by atoms with van der Waals surface area (Å²) in [6.07, 6.45) is 0.176. The lowest BCUT2D eigenvalue weighted by molar-refractivity contribution is -0.141. The Hall–Kier alpha value is -4.72. The number of carboxylic acids is 1. The quantitative estimate of drug-likeness (QED) is 0.404. The molecule has 1 aliphatic heterocycles. The van der Waals surface area contributed by atoms with Crippen LogP contribution in [0.3, 0.4) is 0 Å². The number of amides is 2. The molecule has 2 amide bonds. The van der Waals surface area contributed by atoms with Crippen molar-refractivity contribution in [1.82, 2.24) is 14.7 Å². The van der Waals surface area contributed by atoms with Crippen molar-refractivity contribution in [2.24, 2.45) is 5.92 Å². The minimum absolute atomic E-state index is 0.0849. The first-order valence-corrected chi connectivity index (χ1v) is 12.1. The predicted molar refractivity (Wildman–Crippen MR) is 139 cm³/mol. The molecule has 186 valence electrons. The zero-order chi connectivity index (χ0) is 25.8. The van der Waals surface area contributed by atoms with Crippen LogP contribution in [-0.4, -0.2) is 50.7 Å². The average Bonchev–Trinajstić information content (AvgIpc) is 3.55. The second-order valence-electron chi connectivity index (χ2n) is 9.04. The third kappa shape index (κ3) is 5.28. The lowest BCUT2D eigenvalue weighted by Crippen LogP contribution is -2.30. The number of nitrogens with zero attached hydrogens (tertiary/aromatic N) is 3. The standard InChI is InChI=1S/C29H26N4O4/c34-27(16-20-10-4-1-5-11-20)30-26-17-25(31-33(26)22-14-8-3-9-15-22)28(35)32-18-23(24(19-32)29(36)37)21-12-6-2-7-13-21/h1-15,17,23-24H,16,18-19H2,(H,30,34)(H,36,37)/t23-,24+/m1/s1. The number of hydrogen-bond donors (Lipinski definition) is 2. The molecule has 1 aliphatic rings. The molecule has 2 heterocycles. The molecular formula is C29H26N4O4. The fourth-order valence-corrected chi connectivity index (χ4v) is 4.73. The molecule has 0 spiro atoms. The maximum atomic E-state index is 13.5. The lowest BCUT2D eigenvalue weighted by atomic mass is 9.89. The van der Waals surface area contributed by atoms with Gasteiger partial charge in [-0.2, -0.15) is 5.10 Å². The topological polar surface area (TPSA) is 105 Å². The Bertz CT molecular complexity index is 1400. The van der Waals surface area contributed by atoms with Gasteiger partial charge in [-0.1, -0.05) is 78.9 Å². The van der Waals surface area contributed by atoms with E-state index in [0.717, 1.165) is 11.1 Å². The van der Waals surface area contributed by atoms with E-state index in [1.165, 1.54) is 9.58 Å². The van der Waals surface area contributed by atoms with Gasteiger partial charge in [0, 0.05) is 25.1 Å². The molecular weight excluding hydrogens is 468 g/mol. The fraction of sp³-hybridized carbons (Fsp3) is 0.172. The van der Waals surface area contributed by atoms with E-state index < -0.39 is 11.9 Å². The second kappa shape index (κ2) is 10.5. The predicted octanol–water partition coefficient (Wildman–Crippen LogP) is 3.99. The molecule has 0 radical (unpaired) electrons. The normalized spacial score (nSPS) is 16.9. The Balaban J connectivity index is 1.41. The first-order chi connectivity index (χ1) is 18.0. The van der Waals surface area contributed by atoms with E-state index in [1.54, 1.807) is 6.07 Å². The summed E-state index contributed by atoms with van der Waals surface area (Å²) >= 11 is 0. The van der Waals surface area contributed by atoms with Crippen molar-refractivity contribution in [3.63, 3.8) is 0 Å². The zero-order valence-electron chi connectivity index (χ0n) is 20.0. The molecule has 0 aliphatic carbocycles. The SMILES string of the molecule is O=C(Cc1ccccc1)Nc1cc(C(=O)N2C[C@H](C(=O)O)[C@@H](c3ccccc3)C2)nn1-c1ccccc1. The van der Waals surface area contributed by atoms with Crippen LogP contribution in [-0.2, 0) is 16.0 Å². The molecule has 1 saturated heterocycles. The largest absolute Gasteiger partial charge is 0.481 e. The molecule has 3 aromatic carbocycles. The number of likely N-dealkylation sites (tertiary alicyclic amines) is 1. The van der Waals surface area contributed by atoms with Crippen LogP contribution in [0.4, 0.5) is 5.82 Å². The van der Waals surface area contributed by atoms with Crippen molar-refractivity contribution in [1.29, 1.82) is 0 Å². The van der Waals surface area contributed by atoms with Crippen LogP contribution < -0.4 is 5.32 Å². The Morgan fingerprint density at radius 3 is 2.14 bits per heavy atom. The van der Waals surface area contributed by atoms with Gasteiger partial charge in [0.1, 0.15) is 5.82 Å². The van der Waals surface area contributed by atoms with Crippen LogP contribution >= 0.6 is 0 Å². The van der Waals surface area contributed by atoms with Crippen LogP contribution in [0.5, 0.6) is 0 Å². The monoisotopic (exact) mass is 494 g/mol. The van der Waals surface area contributed by atoms with Gasteiger partial charge >= 0.3 is 5.97 Å². The van der Waals surface area contributed by atoms with Gasteiger partial charge in [-0.15, -0.1) is 0 Å². The molecule has 0 bridgehead atoms. The molecule has 4 aromatic rings. The number of aromatic nitrogens is 2. The summed E-state index contributed by atoms with van der Waals surface area (Å²) in [7, 11) is 0. The van der Waals surface area contributed by atoms with Gasteiger partial charge in [-0.05, 0) is 23.3 Å². The highest BCUT2D eigenvalue weighted by molar-refractivity contribution is 5.96. The third-order valence-corrected chi connectivity index (χ3v) is 6.56. The number of anilines is 1. The van der Waals surface area contributed by atoms with Gasteiger partial charge in [0.15, 0.2) is 5.69 Å². The van der Waals surface area contributed by atoms with E-state index in [1.807, 2.05) is 91.0 Å². The number of carbonyl (C=O) groups is 3. The Kier molecular flexibility index (Phi) is 6.81. The molecule has 5 rings (SSSR count). The molecule has 2 N–H and O–H groups in total. The first-order valence-electron chi connectivity index (χ1n) is 12.1. The van der Waals surface area contributed by atoms with Crippen molar-refractivity contribution in [2.75, 3.05) is 18.4 Å². The highest BCUT2D eigenvalue weighted by atomic mass is 16.4. The van der Waals surface area contributed by atoms with Crippen LogP contribution in [0.25, 0.3) is 5.69 Å².